The molecule has 1 aromatic rings. The van der Waals surface area contributed by atoms with Gasteiger partial charge in [-0.3, -0.25) is 4.79 Å². The monoisotopic (exact) mass is 221 g/mol. The first kappa shape index (κ1) is 12.6. The molecule has 1 rings (SSSR count). The van der Waals surface area contributed by atoms with E-state index in [-0.39, 0.29) is 5.41 Å². The van der Waals surface area contributed by atoms with E-state index >= 15 is 0 Å². The van der Waals surface area contributed by atoms with Gasteiger partial charge in [0.25, 0.3) is 0 Å². The van der Waals surface area contributed by atoms with Crippen LogP contribution in [0.3, 0.4) is 0 Å². The molecule has 0 fully saturated rings. The van der Waals surface area contributed by atoms with Crippen LogP contribution >= 0.6 is 0 Å². The third-order valence-electron chi connectivity index (χ3n) is 2.94. The van der Waals surface area contributed by atoms with E-state index in [2.05, 4.69) is 37.7 Å². The highest BCUT2D eigenvalue weighted by Crippen LogP contribution is 2.25. The van der Waals surface area contributed by atoms with Crippen molar-refractivity contribution in [2.45, 2.75) is 33.7 Å². The fraction of sp³-hybridized carbons (Fsp3) is 0.583. The molecular formula is C12H19N3O. The first-order chi connectivity index (χ1) is 7.36. The molecule has 0 radical (unpaired) electrons. The van der Waals surface area contributed by atoms with Crippen molar-refractivity contribution in [3.63, 3.8) is 0 Å². The molecule has 0 N–H and O–H groups in total. The van der Waals surface area contributed by atoms with Crippen LogP contribution in [-0.4, -0.2) is 29.3 Å². The van der Waals surface area contributed by atoms with E-state index in [9.17, 15) is 4.79 Å². The first-order valence-electron chi connectivity index (χ1n) is 5.36. The highest BCUT2D eigenvalue weighted by Gasteiger charge is 2.25. The summed E-state index contributed by atoms with van der Waals surface area (Å²) >= 11 is 0. The number of carbonyl (C=O) groups excluding carboxylic acids is 1. The van der Waals surface area contributed by atoms with Gasteiger partial charge in [0.05, 0.1) is 5.56 Å². The minimum Gasteiger partial charge on any atom is -0.341 e. The Morgan fingerprint density at radius 3 is 2.19 bits per heavy atom. The zero-order valence-electron chi connectivity index (χ0n) is 10.6. The zero-order valence-corrected chi connectivity index (χ0v) is 10.6. The van der Waals surface area contributed by atoms with Crippen molar-refractivity contribution in [1.29, 1.82) is 0 Å². The molecule has 0 saturated carbocycles. The van der Waals surface area contributed by atoms with Crippen LogP contribution < -0.4 is 4.90 Å². The first-order valence-corrected chi connectivity index (χ1v) is 5.36. The summed E-state index contributed by atoms with van der Waals surface area (Å²) < 4.78 is 0. The van der Waals surface area contributed by atoms with Crippen LogP contribution in [0.25, 0.3) is 0 Å². The number of hydrogen-bond acceptors (Lipinski definition) is 4. The number of anilines is 1. The minimum atomic E-state index is 0.154. The van der Waals surface area contributed by atoms with Crippen molar-refractivity contribution in [3.05, 3.63) is 18.0 Å². The molecule has 0 saturated heterocycles. The maximum absolute atomic E-state index is 10.5. The summed E-state index contributed by atoms with van der Waals surface area (Å²) in [4.78, 5) is 20.8. The molecule has 1 heterocycles. The van der Waals surface area contributed by atoms with E-state index in [0.29, 0.717) is 17.6 Å². The maximum Gasteiger partial charge on any atom is 0.225 e. The lowest BCUT2D eigenvalue weighted by molar-refractivity contribution is 0.112. The Morgan fingerprint density at radius 1 is 1.31 bits per heavy atom. The third kappa shape index (κ3) is 2.78. The van der Waals surface area contributed by atoms with Crippen LogP contribution in [0.5, 0.6) is 0 Å². The molecule has 16 heavy (non-hydrogen) atoms. The SMILES string of the molecule is CC(N(C)c1ncc(C=O)cn1)C(C)(C)C. The Balaban J connectivity index is 2.88. The summed E-state index contributed by atoms with van der Waals surface area (Å²) in [6.07, 6.45) is 3.83. The molecule has 1 atom stereocenters. The maximum atomic E-state index is 10.5. The highest BCUT2D eigenvalue weighted by atomic mass is 16.1. The second kappa shape index (κ2) is 4.60. The summed E-state index contributed by atoms with van der Waals surface area (Å²) in [5.74, 6) is 0.646. The molecule has 0 aromatic carbocycles. The summed E-state index contributed by atoms with van der Waals surface area (Å²) in [6.45, 7) is 8.66. The Labute approximate surface area is 96.7 Å². The molecule has 0 bridgehead atoms. The summed E-state index contributed by atoms with van der Waals surface area (Å²) in [5.41, 5.74) is 0.655. The van der Waals surface area contributed by atoms with Crippen LogP contribution in [0, 0.1) is 5.41 Å². The molecule has 0 amide bonds. The fourth-order valence-corrected chi connectivity index (χ4v) is 1.33. The Hall–Kier alpha value is -1.45. The van der Waals surface area contributed by atoms with Gasteiger partial charge >= 0.3 is 0 Å². The average molecular weight is 221 g/mol. The zero-order chi connectivity index (χ0) is 12.3. The van der Waals surface area contributed by atoms with Crippen molar-refractivity contribution in [1.82, 2.24) is 9.97 Å². The minimum absolute atomic E-state index is 0.154. The molecule has 88 valence electrons. The van der Waals surface area contributed by atoms with Gasteiger partial charge in [-0.15, -0.1) is 0 Å². The molecule has 0 aliphatic carbocycles. The van der Waals surface area contributed by atoms with Gasteiger partial charge in [0, 0.05) is 25.5 Å². The lowest BCUT2D eigenvalue weighted by Crippen LogP contribution is -2.40. The number of rotatable bonds is 3. The molecule has 1 aromatic heterocycles. The number of hydrogen-bond donors (Lipinski definition) is 0. The van der Waals surface area contributed by atoms with Crippen LogP contribution in [0.1, 0.15) is 38.1 Å². The smallest absolute Gasteiger partial charge is 0.225 e. The van der Waals surface area contributed by atoms with E-state index in [1.54, 1.807) is 12.4 Å². The Bertz CT molecular complexity index is 354. The normalized spacial score (nSPS) is 13.3. The van der Waals surface area contributed by atoms with Gasteiger partial charge in [-0.05, 0) is 12.3 Å². The van der Waals surface area contributed by atoms with Crippen LogP contribution in [-0.2, 0) is 0 Å². The van der Waals surface area contributed by atoms with Gasteiger partial charge in [-0.2, -0.15) is 0 Å². The van der Waals surface area contributed by atoms with E-state index in [1.165, 1.54) is 0 Å². The topological polar surface area (TPSA) is 46.1 Å². The van der Waals surface area contributed by atoms with Gasteiger partial charge < -0.3 is 4.90 Å². The lowest BCUT2D eigenvalue weighted by atomic mass is 9.87. The van der Waals surface area contributed by atoms with E-state index in [4.69, 9.17) is 0 Å². The van der Waals surface area contributed by atoms with Crippen molar-refractivity contribution in [2.24, 2.45) is 5.41 Å². The highest BCUT2D eigenvalue weighted by molar-refractivity contribution is 5.73. The second-order valence-electron chi connectivity index (χ2n) is 5.09. The van der Waals surface area contributed by atoms with Crippen molar-refractivity contribution in [3.8, 4) is 0 Å². The van der Waals surface area contributed by atoms with Gasteiger partial charge in [0.2, 0.25) is 5.95 Å². The fourth-order valence-electron chi connectivity index (χ4n) is 1.33. The number of aldehydes is 1. The molecule has 0 spiro atoms. The third-order valence-corrected chi connectivity index (χ3v) is 2.94. The largest absolute Gasteiger partial charge is 0.341 e. The molecular weight excluding hydrogens is 202 g/mol. The molecule has 4 nitrogen and oxygen atoms in total. The summed E-state index contributed by atoms with van der Waals surface area (Å²) in [6, 6.07) is 0.314. The second-order valence-corrected chi connectivity index (χ2v) is 5.09. The van der Waals surface area contributed by atoms with Gasteiger partial charge in [0.15, 0.2) is 6.29 Å². The average Bonchev–Trinajstić information content (AvgIpc) is 2.26. The van der Waals surface area contributed by atoms with Gasteiger partial charge in [0.1, 0.15) is 0 Å². The van der Waals surface area contributed by atoms with E-state index in [1.807, 2.05) is 11.9 Å². The molecule has 0 aliphatic rings. The van der Waals surface area contributed by atoms with Crippen molar-refractivity contribution < 1.29 is 4.79 Å². The molecule has 4 heteroatoms. The molecule has 0 aliphatic heterocycles. The number of aromatic nitrogens is 2. The summed E-state index contributed by atoms with van der Waals surface area (Å²) in [5, 5.41) is 0. The van der Waals surface area contributed by atoms with Crippen LogP contribution in [0.2, 0.25) is 0 Å². The molecule has 1 unspecified atom stereocenters. The Morgan fingerprint density at radius 2 is 1.81 bits per heavy atom. The van der Waals surface area contributed by atoms with Crippen LogP contribution in [0.15, 0.2) is 12.4 Å². The standard InChI is InChI=1S/C12H19N3O/c1-9(12(2,3)4)15(5)11-13-6-10(8-16)7-14-11/h6-9H,1-5H3. The number of nitrogens with zero attached hydrogens (tertiary/aromatic N) is 3. The quantitative estimate of drug-likeness (QED) is 0.734. The van der Waals surface area contributed by atoms with Crippen molar-refractivity contribution >= 4 is 12.2 Å². The predicted octanol–water partition coefficient (Wildman–Crippen LogP) is 2.16. The van der Waals surface area contributed by atoms with Crippen molar-refractivity contribution in [2.75, 3.05) is 11.9 Å². The lowest BCUT2D eigenvalue weighted by Gasteiger charge is -2.35. The van der Waals surface area contributed by atoms with E-state index in [0.717, 1.165) is 6.29 Å². The van der Waals surface area contributed by atoms with E-state index < -0.39 is 0 Å². The Kier molecular flexibility index (Phi) is 3.62. The number of carbonyl (C=O) groups is 1. The van der Waals surface area contributed by atoms with Gasteiger partial charge in [-0.1, -0.05) is 20.8 Å². The van der Waals surface area contributed by atoms with Gasteiger partial charge in [-0.25, -0.2) is 9.97 Å². The van der Waals surface area contributed by atoms with Crippen LogP contribution in [0.4, 0.5) is 5.95 Å². The summed E-state index contributed by atoms with van der Waals surface area (Å²) in [7, 11) is 1.96. The predicted molar refractivity (Wildman–Crippen MR) is 64.7 cm³/mol.